The quantitative estimate of drug-likeness (QED) is 0.0208. The summed E-state index contributed by atoms with van der Waals surface area (Å²) in [6.45, 7) is 1.16. The Morgan fingerprint density at radius 3 is 1.02 bits per heavy atom. The van der Waals surface area contributed by atoms with Crippen LogP contribution in [0.25, 0.3) is 86.3 Å². The van der Waals surface area contributed by atoms with Gasteiger partial charge in [-0.25, -0.2) is 28.1 Å². The van der Waals surface area contributed by atoms with Crippen LogP contribution in [-0.2, 0) is 22.7 Å². The molecule has 4 N–H and O–H groups in total. The monoisotopic (exact) mass is 1870 g/mol. The van der Waals surface area contributed by atoms with Gasteiger partial charge in [-0.2, -0.15) is 0 Å². The van der Waals surface area contributed by atoms with Gasteiger partial charge in [-0.1, -0.05) is 133 Å². The third-order valence-electron chi connectivity index (χ3n) is 20.7. The van der Waals surface area contributed by atoms with Crippen LogP contribution < -0.4 is 53.8 Å². The van der Waals surface area contributed by atoms with E-state index in [1.54, 1.807) is 105 Å². The molecular formula is C103H86ClF3N6O17S3. The molecule has 0 spiro atoms. The summed E-state index contributed by atoms with van der Waals surface area (Å²) >= 11 is 10.1. The first-order valence-corrected chi connectivity index (χ1v) is 44.5. The largest absolute Gasteiger partial charge is 0.497 e. The van der Waals surface area contributed by atoms with Crippen molar-refractivity contribution < 1.29 is 94.4 Å². The molecule has 6 aromatic heterocycles. The molecule has 23 nitrogen and oxygen atoms in total. The number of thiophene rings is 3. The topological polar surface area (TPSA) is 290 Å². The second kappa shape index (κ2) is 45.7. The minimum Gasteiger partial charge on any atom is -0.497 e. The van der Waals surface area contributed by atoms with Gasteiger partial charge in [-0.15, -0.1) is 34.0 Å². The second-order valence-electron chi connectivity index (χ2n) is 29.3. The fraction of sp³-hybridized carbons (Fsp3) is 0.155. The molecule has 30 heteroatoms. The van der Waals surface area contributed by atoms with E-state index in [0.29, 0.717) is 114 Å². The number of ketones is 3. The normalized spacial score (nSPS) is 10.9. The number of nitrogens with one attached hydrogen (secondary N) is 3. The molecule has 0 aliphatic heterocycles. The van der Waals surface area contributed by atoms with Crippen LogP contribution in [0.15, 0.2) is 271 Å². The summed E-state index contributed by atoms with van der Waals surface area (Å²) in [6, 6.07) is 73.4. The van der Waals surface area contributed by atoms with Crippen molar-refractivity contribution in [3.05, 3.63) is 338 Å². The minimum atomic E-state index is -0.479. The van der Waals surface area contributed by atoms with E-state index in [9.17, 15) is 41.9 Å². The summed E-state index contributed by atoms with van der Waals surface area (Å²) in [5.41, 5.74) is 10.3. The third kappa shape index (κ3) is 24.1. The lowest BCUT2D eigenvalue weighted by Gasteiger charge is -2.13. The smallest absolute Gasteiger partial charge is 0.251 e. The van der Waals surface area contributed by atoms with Crippen LogP contribution in [0.2, 0.25) is 5.02 Å². The molecule has 6 heterocycles. The lowest BCUT2D eigenvalue weighted by Crippen LogP contribution is -2.30. The maximum Gasteiger partial charge on any atom is 0.251 e. The summed E-state index contributed by atoms with van der Waals surface area (Å²) < 4.78 is 99.5. The first kappa shape index (κ1) is 94.4. The minimum absolute atomic E-state index is 0.0825. The van der Waals surface area contributed by atoms with E-state index in [0.717, 1.165) is 66.8 Å². The van der Waals surface area contributed by atoms with Crippen LogP contribution in [0.1, 0.15) is 73.7 Å². The molecule has 0 saturated carbocycles. The number of Topliss-reactive ketones (excluding diaryl/α,β-unsaturated/α-hetero) is 3. The molecule has 0 aliphatic rings. The van der Waals surface area contributed by atoms with Crippen molar-refractivity contribution in [2.45, 2.75) is 13.2 Å². The third-order valence-corrected chi connectivity index (χ3v) is 23.9. The summed E-state index contributed by atoms with van der Waals surface area (Å²) in [7, 11) is 7.65. The summed E-state index contributed by atoms with van der Waals surface area (Å²) in [5, 5.41) is 24.8. The van der Waals surface area contributed by atoms with Gasteiger partial charge in [0.05, 0.1) is 119 Å². The number of nitrogens with zero attached hydrogens (tertiary/aromatic N) is 3. The van der Waals surface area contributed by atoms with Crippen molar-refractivity contribution in [2.75, 3.05) is 94.8 Å². The number of fused-ring (bicyclic) bond motifs is 3. The Bertz CT molecular complexity index is 6850. The number of halogens is 4. The van der Waals surface area contributed by atoms with E-state index in [1.165, 1.54) is 91.7 Å². The van der Waals surface area contributed by atoms with Crippen LogP contribution >= 0.6 is 45.6 Å². The lowest BCUT2D eigenvalue weighted by molar-refractivity contribution is 0.0877. The van der Waals surface area contributed by atoms with Gasteiger partial charge in [0.25, 0.3) is 17.7 Å². The number of aromatic nitrogens is 3. The van der Waals surface area contributed by atoms with E-state index in [-0.39, 0.29) is 103 Å². The molecule has 0 bridgehead atoms. The van der Waals surface area contributed by atoms with Crippen molar-refractivity contribution in [1.82, 2.24) is 30.9 Å². The van der Waals surface area contributed by atoms with Gasteiger partial charge in [0, 0.05) is 70.7 Å². The number of methoxy groups -OCH3 is 5. The zero-order valence-corrected chi connectivity index (χ0v) is 75.5. The number of carbonyl (C=O) groups is 6. The number of carbonyl (C=O) groups excluding carboxylic acids is 6. The van der Waals surface area contributed by atoms with Crippen molar-refractivity contribution in [2.24, 2.45) is 0 Å². The summed E-state index contributed by atoms with van der Waals surface area (Å²) in [4.78, 5) is 92.3. The Kier molecular flexibility index (Phi) is 32.5. The van der Waals surface area contributed by atoms with Crippen molar-refractivity contribution >= 4 is 111 Å². The highest BCUT2D eigenvalue weighted by Crippen LogP contribution is 2.41. The fourth-order valence-corrected chi connectivity index (χ4v) is 17.0. The molecule has 676 valence electrons. The predicted molar refractivity (Wildman–Crippen MR) is 509 cm³/mol. The maximum absolute atomic E-state index is 14.5. The van der Waals surface area contributed by atoms with Crippen LogP contribution in [0.3, 0.4) is 0 Å². The van der Waals surface area contributed by atoms with Gasteiger partial charge in [0.15, 0.2) is 51.8 Å². The molecule has 16 rings (SSSR count). The van der Waals surface area contributed by atoms with Gasteiger partial charge >= 0.3 is 0 Å². The first-order valence-electron chi connectivity index (χ1n) is 41.5. The molecule has 0 unspecified atom stereocenters. The molecular weight excluding hydrogens is 1780 g/mol. The van der Waals surface area contributed by atoms with Crippen molar-refractivity contribution in [3.63, 3.8) is 0 Å². The second-order valence-corrected chi connectivity index (χ2v) is 32.4. The zero-order valence-electron chi connectivity index (χ0n) is 72.3. The van der Waals surface area contributed by atoms with Gasteiger partial charge in [0.2, 0.25) is 0 Å². The molecule has 10 aromatic carbocycles. The highest BCUT2D eigenvalue weighted by atomic mass is 35.5. The van der Waals surface area contributed by atoms with E-state index >= 15 is 0 Å². The van der Waals surface area contributed by atoms with Gasteiger partial charge in [-0.3, -0.25) is 28.8 Å². The lowest BCUT2D eigenvalue weighted by atomic mass is 10.0. The summed E-state index contributed by atoms with van der Waals surface area (Å²) in [6.07, 6.45) is 0. The highest BCUT2D eigenvalue weighted by molar-refractivity contribution is 7.18. The number of rotatable bonds is 37. The zero-order chi connectivity index (χ0) is 93.3. The Hall–Kier alpha value is -14.7. The number of benzene rings is 10. The molecule has 0 aliphatic carbocycles. The fourth-order valence-electron chi connectivity index (χ4n) is 13.9. The average Bonchev–Trinajstić information content (AvgIpc) is 1.63. The number of ether oxygens (including phenoxy) is 10. The van der Waals surface area contributed by atoms with E-state index in [4.69, 9.17) is 64.1 Å². The van der Waals surface area contributed by atoms with Gasteiger partial charge in [0.1, 0.15) is 65.9 Å². The molecule has 0 fully saturated rings. The molecule has 0 radical (unpaired) electrons. The Labute approximate surface area is 779 Å². The molecule has 0 saturated heterocycles. The number of hydrogen-bond acceptors (Lipinski definition) is 23. The molecule has 3 amide bonds. The molecule has 0 atom stereocenters. The van der Waals surface area contributed by atoms with Crippen LogP contribution in [0, 0.1) is 17.5 Å². The maximum atomic E-state index is 14.5. The van der Waals surface area contributed by atoms with Crippen molar-refractivity contribution in [3.8, 4) is 102 Å². The van der Waals surface area contributed by atoms with Crippen molar-refractivity contribution in [1.29, 1.82) is 0 Å². The first-order chi connectivity index (χ1) is 64.8. The standard InChI is InChI=1S/C39H33FN2O6S.C33H28ClFN2O6S.C31H25FN2O5S/c1-45-29-14-11-25(12-15-29)23-47-17-18-48-36-16-13-27(21-37(36)46-2)39(44)41-22-35(43)34-20-28(26-7-4-3-5-8-26)19-33(42-34)31-24-49-38-30(31)9-6-10-32(38)40;1-40-23-9-6-20(7-10-23)18-42-12-13-43-30-11-8-21(14-31(30)41-2)33(39)36-17-29(38)28-16-22(34)15-27(37-28)25-19-44-32-24(25)4-3-5-26(32)35;1-38-29-16-20(10-11-28(29)39-13-12-35)31(37)33-17-27(36)26-15-21(19-6-3-2-4-7-19)14-25(34-26)23-18-40-30-22(23)8-5-9-24(30)32/h3-16,19-21,24H,17-18,22-23H2,1-2H3,(H,41,44);3-11,14-16,19H,12-13,17-18H2,1-2H3,(H,36,39);2-11,14-16,18,35H,12-13,17H2,1H3,(H,33,37). The van der Waals surface area contributed by atoms with Crippen LogP contribution in [-0.4, -0.2) is 150 Å². The van der Waals surface area contributed by atoms with E-state index in [2.05, 4.69) is 30.9 Å². The van der Waals surface area contributed by atoms with Gasteiger partial charge < -0.3 is 68.4 Å². The number of aliphatic hydroxyl groups excluding tert-OH is 1. The molecule has 133 heavy (non-hydrogen) atoms. The number of amides is 3. The highest BCUT2D eigenvalue weighted by Gasteiger charge is 2.24. The van der Waals surface area contributed by atoms with Crippen LogP contribution in [0.5, 0.6) is 46.0 Å². The molecule has 16 aromatic rings. The SMILES string of the molecule is COc1cc(C(=O)NCC(=O)c2cc(-c3ccccc3)cc(-c3csc4c(F)cccc34)n2)ccc1OCCO.COc1ccc(COCCOc2ccc(C(=O)NCC(=O)c3cc(-c4ccccc4)cc(-c4csc5c(F)cccc45)n3)cc2OC)cc1.COc1ccc(COCCOc2ccc(C(=O)NCC(=O)c3cc(Cl)cc(-c4csc5c(F)cccc45)n3)cc2OC)cc1. The Morgan fingerprint density at radius 2 is 0.684 bits per heavy atom. The average molecular weight is 1870 g/mol. The predicted octanol–water partition coefficient (Wildman–Crippen LogP) is 20.7. The van der Waals surface area contributed by atoms with Gasteiger partial charge in [-0.05, 0) is 167 Å². The van der Waals surface area contributed by atoms with Crippen LogP contribution in [0.4, 0.5) is 13.2 Å². The summed E-state index contributed by atoms with van der Waals surface area (Å²) in [5.74, 6) is 0.369. The Balaban J connectivity index is 0.000000161. The Morgan fingerprint density at radius 1 is 0.346 bits per heavy atom. The number of pyridine rings is 3. The van der Waals surface area contributed by atoms with E-state index < -0.39 is 23.5 Å². The number of aliphatic hydroxyl groups is 1. The number of hydrogen-bond donors (Lipinski definition) is 4. The van der Waals surface area contributed by atoms with E-state index in [1.807, 2.05) is 144 Å².